The van der Waals surface area contributed by atoms with Crippen molar-refractivity contribution in [3.63, 3.8) is 0 Å². The zero-order chi connectivity index (χ0) is 35.6. The number of benzene rings is 8. The molecule has 0 N–H and O–H groups in total. The molecule has 0 bridgehead atoms. The first-order chi connectivity index (χ1) is 26.8. The van der Waals surface area contributed by atoms with E-state index < -0.39 is 5.41 Å². The van der Waals surface area contributed by atoms with Crippen LogP contribution in [0.25, 0.3) is 67.2 Å². The van der Waals surface area contributed by atoms with Crippen molar-refractivity contribution >= 4 is 10.8 Å². The normalized spacial score (nSPS) is 13.1. The van der Waals surface area contributed by atoms with Gasteiger partial charge in [0.1, 0.15) is 11.5 Å². The number of hydrogen-bond donors (Lipinski definition) is 0. The molecule has 2 aliphatic rings. The van der Waals surface area contributed by atoms with Gasteiger partial charge >= 0.3 is 0 Å². The maximum Gasteiger partial charge on any atom is 0.164 e. The fourth-order valence-electron chi connectivity index (χ4n) is 8.71. The van der Waals surface area contributed by atoms with E-state index in [1.54, 1.807) is 0 Å². The van der Waals surface area contributed by atoms with Gasteiger partial charge in [-0.3, -0.25) is 0 Å². The lowest BCUT2D eigenvalue weighted by atomic mass is 9.66. The second kappa shape index (κ2) is 11.9. The summed E-state index contributed by atoms with van der Waals surface area (Å²) in [6.45, 7) is 0. The first-order valence-electron chi connectivity index (χ1n) is 18.3. The fourth-order valence-corrected chi connectivity index (χ4v) is 8.71. The van der Waals surface area contributed by atoms with E-state index in [4.69, 9.17) is 19.7 Å². The summed E-state index contributed by atoms with van der Waals surface area (Å²) >= 11 is 0. The maximum atomic E-state index is 6.86. The average molecular weight is 690 g/mol. The third-order valence-corrected chi connectivity index (χ3v) is 11.0. The SMILES string of the molecule is c1ccc(-c2nc(-c3ccccc3-c3ccc4c(c3)Oc3ccccc3C43c4ccccc4-c4ccccc43)nc(-c3cccc4ccccc34)n2)cc1. The number of nitrogens with zero attached hydrogens (tertiary/aromatic N) is 3. The molecule has 1 aliphatic heterocycles. The van der Waals surface area contributed by atoms with Gasteiger partial charge in [-0.15, -0.1) is 0 Å². The predicted octanol–water partition coefficient (Wildman–Crippen LogP) is 12.2. The molecule has 0 atom stereocenters. The first kappa shape index (κ1) is 30.5. The van der Waals surface area contributed by atoms with Gasteiger partial charge in [-0.1, -0.05) is 176 Å². The van der Waals surface area contributed by atoms with Gasteiger partial charge in [0.25, 0.3) is 0 Å². The summed E-state index contributed by atoms with van der Waals surface area (Å²) < 4.78 is 6.86. The molecule has 1 aliphatic carbocycles. The summed E-state index contributed by atoms with van der Waals surface area (Å²) in [6.07, 6.45) is 0. The van der Waals surface area contributed by atoms with Gasteiger partial charge in [-0.25, -0.2) is 15.0 Å². The molecule has 0 fully saturated rings. The Morgan fingerprint density at radius 1 is 0.333 bits per heavy atom. The van der Waals surface area contributed by atoms with Gasteiger partial charge < -0.3 is 4.74 Å². The molecule has 1 spiro atoms. The third kappa shape index (κ3) is 4.47. The Morgan fingerprint density at radius 2 is 0.870 bits per heavy atom. The van der Waals surface area contributed by atoms with Crippen LogP contribution < -0.4 is 4.74 Å². The molecule has 0 radical (unpaired) electrons. The van der Waals surface area contributed by atoms with Gasteiger partial charge in [0.2, 0.25) is 0 Å². The smallest absolute Gasteiger partial charge is 0.164 e. The molecule has 0 saturated carbocycles. The van der Waals surface area contributed by atoms with Gasteiger partial charge in [0.05, 0.1) is 5.41 Å². The van der Waals surface area contributed by atoms with Gasteiger partial charge in [-0.2, -0.15) is 0 Å². The van der Waals surface area contributed by atoms with Crippen LogP contribution in [-0.4, -0.2) is 15.0 Å². The minimum atomic E-state index is -0.512. The van der Waals surface area contributed by atoms with Crippen molar-refractivity contribution in [2.75, 3.05) is 0 Å². The van der Waals surface area contributed by atoms with Crippen molar-refractivity contribution in [2.45, 2.75) is 5.41 Å². The van der Waals surface area contributed by atoms with Crippen LogP contribution in [0.1, 0.15) is 22.3 Å². The molecule has 0 unspecified atom stereocenters. The van der Waals surface area contributed by atoms with E-state index in [0.29, 0.717) is 17.5 Å². The Kier molecular flexibility index (Phi) is 6.73. The molecule has 11 rings (SSSR count). The van der Waals surface area contributed by atoms with Crippen LogP contribution in [0.3, 0.4) is 0 Å². The lowest BCUT2D eigenvalue weighted by Crippen LogP contribution is -2.32. The summed E-state index contributed by atoms with van der Waals surface area (Å²) in [5, 5.41) is 2.24. The summed E-state index contributed by atoms with van der Waals surface area (Å²) in [5.41, 5.74) is 11.7. The van der Waals surface area contributed by atoms with E-state index in [9.17, 15) is 0 Å². The molecule has 4 heteroatoms. The number of para-hydroxylation sites is 1. The molecule has 0 amide bonds. The van der Waals surface area contributed by atoms with Crippen molar-refractivity contribution in [1.82, 2.24) is 15.0 Å². The van der Waals surface area contributed by atoms with Crippen molar-refractivity contribution in [3.05, 3.63) is 210 Å². The second-order valence-corrected chi connectivity index (χ2v) is 13.9. The highest BCUT2D eigenvalue weighted by molar-refractivity contribution is 5.96. The van der Waals surface area contributed by atoms with Crippen LogP contribution >= 0.6 is 0 Å². The maximum absolute atomic E-state index is 6.86. The molecule has 54 heavy (non-hydrogen) atoms. The van der Waals surface area contributed by atoms with Gasteiger partial charge in [0.15, 0.2) is 17.5 Å². The van der Waals surface area contributed by atoms with Crippen LogP contribution in [0.15, 0.2) is 188 Å². The Labute approximate surface area is 313 Å². The van der Waals surface area contributed by atoms with Crippen molar-refractivity contribution in [3.8, 4) is 67.9 Å². The molecule has 8 aromatic carbocycles. The predicted molar refractivity (Wildman–Crippen MR) is 216 cm³/mol. The van der Waals surface area contributed by atoms with E-state index in [0.717, 1.165) is 61.2 Å². The number of ether oxygens (including phenoxy) is 1. The Balaban J connectivity index is 1.12. The Morgan fingerprint density at radius 3 is 1.65 bits per heavy atom. The summed E-state index contributed by atoms with van der Waals surface area (Å²) in [6, 6.07) is 66.0. The minimum Gasteiger partial charge on any atom is -0.457 e. The minimum absolute atomic E-state index is 0.512. The van der Waals surface area contributed by atoms with Crippen LogP contribution in [-0.2, 0) is 5.41 Å². The second-order valence-electron chi connectivity index (χ2n) is 13.9. The highest BCUT2D eigenvalue weighted by atomic mass is 16.5. The molecular weight excluding hydrogens is 659 g/mol. The topological polar surface area (TPSA) is 47.9 Å². The quantitative estimate of drug-likeness (QED) is 0.185. The van der Waals surface area contributed by atoms with Gasteiger partial charge in [0, 0.05) is 27.8 Å². The first-order valence-corrected chi connectivity index (χ1v) is 18.3. The van der Waals surface area contributed by atoms with Crippen molar-refractivity contribution in [1.29, 1.82) is 0 Å². The molecule has 9 aromatic rings. The third-order valence-electron chi connectivity index (χ3n) is 11.0. The highest BCUT2D eigenvalue weighted by Crippen LogP contribution is 2.62. The van der Waals surface area contributed by atoms with Crippen molar-refractivity contribution in [2.24, 2.45) is 0 Å². The lowest BCUT2D eigenvalue weighted by Gasteiger charge is -2.39. The summed E-state index contributed by atoms with van der Waals surface area (Å²) in [7, 11) is 0. The number of rotatable bonds is 4. The zero-order valence-electron chi connectivity index (χ0n) is 29.1. The van der Waals surface area contributed by atoms with Crippen LogP contribution in [0.5, 0.6) is 11.5 Å². The Bertz CT molecular complexity index is 2880. The summed E-state index contributed by atoms with van der Waals surface area (Å²) in [4.78, 5) is 15.4. The Hall–Kier alpha value is -7.17. The highest BCUT2D eigenvalue weighted by Gasteiger charge is 2.50. The van der Waals surface area contributed by atoms with Crippen LogP contribution in [0.4, 0.5) is 0 Å². The largest absolute Gasteiger partial charge is 0.457 e. The van der Waals surface area contributed by atoms with Crippen molar-refractivity contribution < 1.29 is 4.74 Å². The average Bonchev–Trinajstić information content (AvgIpc) is 3.54. The summed E-state index contributed by atoms with van der Waals surface area (Å²) in [5.74, 6) is 3.58. The lowest BCUT2D eigenvalue weighted by molar-refractivity contribution is 0.436. The van der Waals surface area contributed by atoms with E-state index >= 15 is 0 Å². The molecule has 252 valence electrons. The van der Waals surface area contributed by atoms with E-state index in [1.165, 1.54) is 22.3 Å². The standard InChI is InChI=1S/C50H31N3O/c1-2-16-33(17-3-1)47-51-48(53-49(52-47)40-24-14-18-32-15-4-5-19-35(32)40)39-23-7-6-20-36(39)34-29-30-44-46(31-34)54-45-28-13-12-27-43(45)50(44)41-25-10-8-21-37(41)38-22-9-11-26-42(38)50/h1-31H. The van der Waals surface area contributed by atoms with Crippen LogP contribution in [0, 0.1) is 0 Å². The van der Waals surface area contributed by atoms with Gasteiger partial charge in [-0.05, 0) is 56.3 Å². The van der Waals surface area contributed by atoms with E-state index in [-0.39, 0.29) is 0 Å². The van der Waals surface area contributed by atoms with Crippen LogP contribution in [0.2, 0.25) is 0 Å². The van der Waals surface area contributed by atoms with E-state index in [2.05, 4.69) is 158 Å². The fraction of sp³-hybridized carbons (Fsp3) is 0.0200. The number of fused-ring (bicyclic) bond motifs is 10. The molecular formula is C50H31N3O. The zero-order valence-corrected chi connectivity index (χ0v) is 29.1. The van der Waals surface area contributed by atoms with E-state index in [1.807, 2.05) is 30.3 Å². The number of aromatic nitrogens is 3. The molecule has 0 saturated heterocycles. The molecule has 1 aromatic heterocycles. The molecule has 2 heterocycles. The molecule has 4 nitrogen and oxygen atoms in total. The monoisotopic (exact) mass is 689 g/mol. The number of hydrogen-bond acceptors (Lipinski definition) is 4.